The molecule has 1 aromatic heterocycles. The number of hydrogen-bond acceptors (Lipinski definition) is 5. The van der Waals surface area contributed by atoms with E-state index in [-0.39, 0.29) is 6.04 Å². The number of benzene rings is 1. The SMILES string of the molecule is CC1CN(c2nnc3ccccc3n2)CCC1N. The van der Waals surface area contributed by atoms with Gasteiger partial charge < -0.3 is 10.6 Å². The number of rotatable bonds is 1. The maximum Gasteiger partial charge on any atom is 0.245 e. The first kappa shape index (κ1) is 11.3. The smallest absolute Gasteiger partial charge is 0.245 e. The Balaban J connectivity index is 1.90. The summed E-state index contributed by atoms with van der Waals surface area (Å²) in [6.45, 7) is 3.98. The number of nitrogens with two attached hydrogens (primary N) is 1. The van der Waals surface area contributed by atoms with E-state index in [1.54, 1.807) is 0 Å². The van der Waals surface area contributed by atoms with Gasteiger partial charge in [0.05, 0.1) is 5.52 Å². The summed E-state index contributed by atoms with van der Waals surface area (Å²) in [6, 6.07) is 8.09. The highest BCUT2D eigenvalue weighted by Crippen LogP contribution is 2.20. The van der Waals surface area contributed by atoms with Crippen molar-refractivity contribution in [3.8, 4) is 0 Å². The predicted molar refractivity (Wildman–Crippen MR) is 71.3 cm³/mol. The summed E-state index contributed by atoms with van der Waals surface area (Å²) in [7, 11) is 0. The van der Waals surface area contributed by atoms with Gasteiger partial charge in [0.15, 0.2) is 0 Å². The van der Waals surface area contributed by atoms with Gasteiger partial charge in [-0.3, -0.25) is 0 Å². The second kappa shape index (κ2) is 4.49. The number of hydrogen-bond donors (Lipinski definition) is 1. The maximum atomic E-state index is 6.03. The Hall–Kier alpha value is -1.75. The van der Waals surface area contributed by atoms with Crippen LogP contribution in [0.15, 0.2) is 24.3 Å². The second-order valence-electron chi connectivity index (χ2n) is 4.98. The number of aromatic nitrogens is 3. The lowest BCUT2D eigenvalue weighted by Gasteiger charge is -2.34. The van der Waals surface area contributed by atoms with Gasteiger partial charge in [0, 0.05) is 19.1 Å². The van der Waals surface area contributed by atoms with Crippen LogP contribution in [0.3, 0.4) is 0 Å². The van der Waals surface area contributed by atoms with Crippen LogP contribution in [0.5, 0.6) is 0 Å². The van der Waals surface area contributed by atoms with Crippen LogP contribution in [0.25, 0.3) is 11.0 Å². The van der Waals surface area contributed by atoms with Crippen molar-refractivity contribution >= 4 is 17.0 Å². The van der Waals surface area contributed by atoms with Crippen LogP contribution in [-0.2, 0) is 0 Å². The van der Waals surface area contributed by atoms with E-state index in [0.29, 0.717) is 11.9 Å². The van der Waals surface area contributed by atoms with Crippen molar-refractivity contribution in [3.63, 3.8) is 0 Å². The molecule has 1 aliphatic heterocycles. The highest BCUT2D eigenvalue weighted by atomic mass is 15.3. The fourth-order valence-electron chi connectivity index (χ4n) is 2.35. The van der Waals surface area contributed by atoms with Gasteiger partial charge in [0.2, 0.25) is 5.95 Å². The van der Waals surface area contributed by atoms with Crippen molar-refractivity contribution < 1.29 is 0 Å². The minimum atomic E-state index is 0.287. The molecule has 2 N–H and O–H groups in total. The molecule has 1 aromatic carbocycles. The van der Waals surface area contributed by atoms with Crippen molar-refractivity contribution in [1.29, 1.82) is 0 Å². The molecule has 5 nitrogen and oxygen atoms in total. The van der Waals surface area contributed by atoms with Crippen molar-refractivity contribution in [3.05, 3.63) is 24.3 Å². The van der Waals surface area contributed by atoms with Crippen LogP contribution < -0.4 is 10.6 Å². The molecule has 0 saturated carbocycles. The normalized spacial score (nSPS) is 24.4. The molecule has 2 unspecified atom stereocenters. The van der Waals surface area contributed by atoms with Gasteiger partial charge in [-0.2, -0.15) is 0 Å². The first-order valence-electron chi connectivity index (χ1n) is 6.34. The molecule has 0 amide bonds. The highest BCUT2D eigenvalue weighted by Gasteiger charge is 2.24. The Morgan fingerprint density at radius 2 is 2.00 bits per heavy atom. The number of fused-ring (bicyclic) bond motifs is 1. The largest absolute Gasteiger partial charge is 0.339 e. The number of para-hydroxylation sites is 1. The van der Waals surface area contributed by atoms with Crippen LogP contribution in [0.2, 0.25) is 0 Å². The molecule has 94 valence electrons. The topological polar surface area (TPSA) is 67.9 Å². The standard InChI is InChI=1S/C13H17N5/c1-9-8-18(7-6-10(9)14)13-15-11-4-2-3-5-12(11)16-17-13/h2-5,9-10H,6-8,14H2,1H3. The number of piperidine rings is 1. The minimum Gasteiger partial charge on any atom is -0.339 e. The van der Waals surface area contributed by atoms with Crippen LogP contribution in [-0.4, -0.2) is 34.3 Å². The molecular formula is C13H17N5. The number of anilines is 1. The Labute approximate surface area is 106 Å². The zero-order valence-corrected chi connectivity index (χ0v) is 10.5. The van der Waals surface area contributed by atoms with Gasteiger partial charge in [-0.05, 0) is 24.5 Å². The van der Waals surface area contributed by atoms with E-state index in [9.17, 15) is 0 Å². The summed E-state index contributed by atoms with van der Waals surface area (Å²) in [6.07, 6.45) is 0.983. The second-order valence-corrected chi connectivity index (χ2v) is 4.98. The van der Waals surface area contributed by atoms with Crippen molar-refractivity contribution in [2.24, 2.45) is 11.7 Å². The van der Waals surface area contributed by atoms with E-state index >= 15 is 0 Å². The molecule has 0 radical (unpaired) electrons. The van der Waals surface area contributed by atoms with Crippen LogP contribution >= 0.6 is 0 Å². The van der Waals surface area contributed by atoms with Crippen LogP contribution in [0, 0.1) is 5.92 Å². The lowest BCUT2D eigenvalue weighted by Crippen LogP contribution is -2.46. The first-order chi connectivity index (χ1) is 8.74. The third-order valence-corrected chi connectivity index (χ3v) is 3.60. The zero-order valence-electron chi connectivity index (χ0n) is 10.5. The van der Waals surface area contributed by atoms with E-state index in [1.165, 1.54) is 0 Å². The summed E-state index contributed by atoms with van der Waals surface area (Å²) in [5.41, 5.74) is 7.76. The lowest BCUT2D eigenvalue weighted by atomic mass is 9.95. The molecule has 1 aliphatic rings. The molecule has 1 saturated heterocycles. The summed E-state index contributed by atoms with van der Waals surface area (Å²) in [5.74, 6) is 1.18. The van der Waals surface area contributed by atoms with E-state index in [2.05, 4.69) is 27.0 Å². The Bertz CT molecular complexity index is 556. The monoisotopic (exact) mass is 243 g/mol. The third-order valence-electron chi connectivity index (χ3n) is 3.60. The molecule has 1 fully saturated rings. The van der Waals surface area contributed by atoms with Gasteiger partial charge in [-0.25, -0.2) is 4.98 Å². The average Bonchev–Trinajstić information content (AvgIpc) is 2.41. The van der Waals surface area contributed by atoms with E-state index in [0.717, 1.165) is 30.5 Å². The Morgan fingerprint density at radius 3 is 2.78 bits per heavy atom. The van der Waals surface area contributed by atoms with Crippen LogP contribution in [0.1, 0.15) is 13.3 Å². The van der Waals surface area contributed by atoms with Gasteiger partial charge in [0.25, 0.3) is 0 Å². The zero-order chi connectivity index (χ0) is 12.5. The van der Waals surface area contributed by atoms with Crippen molar-refractivity contribution in [1.82, 2.24) is 15.2 Å². The van der Waals surface area contributed by atoms with E-state index < -0.39 is 0 Å². The van der Waals surface area contributed by atoms with Gasteiger partial charge in [-0.15, -0.1) is 10.2 Å². The fraction of sp³-hybridized carbons (Fsp3) is 0.462. The van der Waals surface area contributed by atoms with Gasteiger partial charge in [-0.1, -0.05) is 19.1 Å². The number of nitrogens with zero attached hydrogens (tertiary/aromatic N) is 4. The Kier molecular flexibility index (Phi) is 2.83. The van der Waals surface area contributed by atoms with Crippen LogP contribution in [0.4, 0.5) is 5.95 Å². The molecule has 3 rings (SSSR count). The summed E-state index contributed by atoms with van der Waals surface area (Å²) in [4.78, 5) is 6.74. The van der Waals surface area contributed by atoms with Gasteiger partial charge in [0.1, 0.15) is 5.52 Å². The molecular weight excluding hydrogens is 226 g/mol. The molecule has 2 aromatic rings. The summed E-state index contributed by atoms with van der Waals surface area (Å²) < 4.78 is 0. The molecule has 5 heteroatoms. The molecule has 0 spiro atoms. The van der Waals surface area contributed by atoms with E-state index in [1.807, 2.05) is 24.3 Å². The fourth-order valence-corrected chi connectivity index (χ4v) is 2.35. The lowest BCUT2D eigenvalue weighted by molar-refractivity contribution is 0.379. The molecule has 2 atom stereocenters. The molecule has 0 aliphatic carbocycles. The highest BCUT2D eigenvalue weighted by molar-refractivity contribution is 5.74. The van der Waals surface area contributed by atoms with Crippen molar-refractivity contribution in [2.45, 2.75) is 19.4 Å². The average molecular weight is 243 g/mol. The Morgan fingerprint density at radius 1 is 1.22 bits per heavy atom. The molecule has 0 bridgehead atoms. The quantitative estimate of drug-likeness (QED) is 0.815. The predicted octanol–water partition coefficient (Wildman–Crippen LogP) is 1.20. The summed E-state index contributed by atoms with van der Waals surface area (Å²) >= 11 is 0. The maximum absolute atomic E-state index is 6.03. The molecule has 2 heterocycles. The first-order valence-corrected chi connectivity index (χ1v) is 6.34. The van der Waals surface area contributed by atoms with Gasteiger partial charge >= 0.3 is 0 Å². The summed E-state index contributed by atoms with van der Waals surface area (Å²) in [5, 5.41) is 8.43. The minimum absolute atomic E-state index is 0.287. The van der Waals surface area contributed by atoms with E-state index in [4.69, 9.17) is 5.73 Å². The third kappa shape index (κ3) is 2.01. The van der Waals surface area contributed by atoms with Crippen molar-refractivity contribution in [2.75, 3.05) is 18.0 Å². The molecule has 18 heavy (non-hydrogen) atoms.